The van der Waals surface area contributed by atoms with Crippen molar-refractivity contribution in [3.05, 3.63) is 0 Å². The Hall–Kier alpha value is -1.83. The number of hydrogen-bond acceptors (Lipinski definition) is 4. The van der Waals surface area contributed by atoms with Gasteiger partial charge in [-0.2, -0.15) is 0 Å². The van der Waals surface area contributed by atoms with Gasteiger partial charge in [0.25, 0.3) is 0 Å². The second kappa shape index (κ2) is 8.36. The highest BCUT2D eigenvalue weighted by Crippen LogP contribution is 2.08. The number of carbonyl (C=O) groups excluding carboxylic acids is 2. The second-order valence-electron chi connectivity index (χ2n) is 4.66. The summed E-state index contributed by atoms with van der Waals surface area (Å²) in [5, 5.41) is 22.3. The first-order valence-electron chi connectivity index (χ1n) is 6.71. The molecule has 1 atom stereocenters. The molecule has 1 aliphatic rings. The highest BCUT2D eigenvalue weighted by molar-refractivity contribution is 5.78. The summed E-state index contributed by atoms with van der Waals surface area (Å²) in [5.74, 6) is -1.28. The van der Waals surface area contributed by atoms with Crippen LogP contribution >= 0.6 is 0 Å². The second-order valence-corrected chi connectivity index (χ2v) is 4.66. The van der Waals surface area contributed by atoms with Crippen molar-refractivity contribution >= 4 is 17.9 Å². The molecule has 0 saturated carbocycles. The Bertz CT molecular complexity index is 355. The third kappa shape index (κ3) is 5.87. The van der Waals surface area contributed by atoms with Crippen molar-refractivity contribution in [3.8, 4) is 0 Å². The average molecular weight is 287 g/mol. The van der Waals surface area contributed by atoms with Gasteiger partial charge in [0.1, 0.15) is 0 Å². The Kier molecular flexibility index (Phi) is 6.78. The van der Waals surface area contributed by atoms with Crippen molar-refractivity contribution in [3.63, 3.8) is 0 Å². The number of carboxylic acids is 1. The van der Waals surface area contributed by atoms with Crippen LogP contribution in [0.3, 0.4) is 0 Å². The minimum absolute atomic E-state index is 0.0316. The van der Waals surface area contributed by atoms with E-state index >= 15 is 0 Å². The topological polar surface area (TPSA) is 119 Å². The van der Waals surface area contributed by atoms with Crippen LogP contribution in [-0.4, -0.2) is 65.3 Å². The number of carbonyl (C=O) groups is 3. The molecule has 8 heteroatoms. The summed E-state index contributed by atoms with van der Waals surface area (Å²) >= 11 is 0. The van der Waals surface area contributed by atoms with Crippen LogP contribution in [0.15, 0.2) is 0 Å². The van der Waals surface area contributed by atoms with E-state index in [2.05, 4.69) is 10.6 Å². The third-order valence-corrected chi connectivity index (χ3v) is 3.07. The zero-order valence-corrected chi connectivity index (χ0v) is 11.3. The van der Waals surface area contributed by atoms with Crippen LogP contribution in [0.1, 0.15) is 25.7 Å². The molecule has 1 aliphatic heterocycles. The number of nitrogens with zero attached hydrogens (tertiary/aromatic N) is 1. The number of aliphatic hydroxyl groups is 1. The molecular formula is C12H21N3O5. The Morgan fingerprint density at radius 2 is 1.70 bits per heavy atom. The molecule has 0 radical (unpaired) electrons. The number of rotatable bonds is 7. The van der Waals surface area contributed by atoms with Crippen LogP contribution in [0.2, 0.25) is 0 Å². The normalized spacial score (nSPS) is 15.8. The first-order valence-corrected chi connectivity index (χ1v) is 6.71. The molecule has 0 aliphatic carbocycles. The third-order valence-electron chi connectivity index (χ3n) is 3.07. The molecule has 20 heavy (non-hydrogen) atoms. The lowest BCUT2D eigenvalue weighted by atomic mass is 10.2. The Labute approximate surface area is 117 Å². The fourth-order valence-electron chi connectivity index (χ4n) is 1.92. The van der Waals surface area contributed by atoms with Crippen LogP contribution in [-0.2, 0) is 9.59 Å². The van der Waals surface area contributed by atoms with E-state index in [1.54, 1.807) is 4.90 Å². The van der Waals surface area contributed by atoms with Crippen molar-refractivity contribution < 1.29 is 24.6 Å². The van der Waals surface area contributed by atoms with E-state index in [1.165, 1.54) is 0 Å². The fraction of sp³-hybridized carbons (Fsp3) is 0.750. The highest BCUT2D eigenvalue weighted by atomic mass is 16.4. The van der Waals surface area contributed by atoms with Gasteiger partial charge in [-0.3, -0.25) is 4.79 Å². The van der Waals surface area contributed by atoms with Crippen LogP contribution in [0, 0.1) is 0 Å². The van der Waals surface area contributed by atoms with Crippen molar-refractivity contribution in [2.75, 3.05) is 26.2 Å². The van der Waals surface area contributed by atoms with Crippen molar-refractivity contribution in [1.29, 1.82) is 0 Å². The van der Waals surface area contributed by atoms with E-state index in [-0.39, 0.29) is 31.8 Å². The predicted octanol–water partition coefficient (Wildman–Crippen LogP) is -0.866. The monoisotopic (exact) mass is 287 g/mol. The van der Waals surface area contributed by atoms with Crippen molar-refractivity contribution in [2.24, 2.45) is 0 Å². The SMILES string of the molecule is O=C(NCCC(=O)N1CCCC1)NCCC(O)C(=O)O. The number of carboxylic acid groups (broad SMARTS) is 1. The number of nitrogens with one attached hydrogen (secondary N) is 2. The van der Waals surface area contributed by atoms with Gasteiger partial charge < -0.3 is 25.7 Å². The van der Waals surface area contributed by atoms with Crippen LogP contribution in [0.5, 0.6) is 0 Å². The molecule has 0 bridgehead atoms. The van der Waals surface area contributed by atoms with Gasteiger partial charge in [0, 0.05) is 39.0 Å². The molecule has 8 nitrogen and oxygen atoms in total. The minimum Gasteiger partial charge on any atom is -0.479 e. The van der Waals surface area contributed by atoms with Gasteiger partial charge in [0.05, 0.1) is 0 Å². The Morgan fingerprint density at radius 1 is 1.10 bits per heavy atom. The maximum Gasteiger partial charge on any atom is 0.332 e. The highest BCUT2D eigenvalue weighted by Gasteiger charge is 2.17. The molecule has 1 fully saturated rings. The lowest BCUT2D eigenvalue weighted by Crippen LogP contribution is -2.39. The van der Waals surface area contributed by atoms with Gasteiger partial charge >= 0.3 is 12.0 Å². The van der Waals surface area contributed by atoms with Gasteiger partial charge in [0.15, 0.2) is 6.10 Å². The number of aliphatic hydroxyl groups excluding tert-OH is 1. The number of likely N-dealkylation sites (tertiary alicyclic amines) is 1. The largest absolute Gasteiger partial charge is 0.479 e. The van der Waals surface area contributed by atoms with E-state index in [4.69, 9.17) is 10.2 Å². The van der Waals surface area contributed by atoms with Gasteiger partial charge in [0.2, 0.25) is 5.91 Å². The number of aliphatic carboxylic acids is 1. The Balaban J connectivity index is 2.05. The number of amides is 3. The summed E-state index contributed by atoms with van der Waals surface area (Å²) in [7, 11) is 0. The van der Waals surface area contributed by atoms with E-state index in [1.807, 2.05) is 0 Å². The quantitative estimate of drug-likeness (QED) is 0.485. The van der Waals surface area contributed by atoms with Crippen molar-refractivity contribution in [1.82, 2.24) is 15.5 Å². The number of hydrogen-bond donors (Lipinski definition) is 4. The van der Waals surface area contributed by atoms with Gasteiger partial charge in [-0.05, 0) is 12.8 Å². The summed E-state index contributed by atoms with van der Waals surface area (Å²) in [6, 6.07) is -0.475. The molecule has 1 rings (SSSR count). The summed E-state index contributed by atoms with van der Waals surface area (Å²) < 4.78 is 0. The molecule has 0 aromatic carbocycles. The molecular weight excluding hydrogens is 266 g/mol. The van der Waals surface area contributed by atoms with Crippen LogP contribution in [0.4, 0.5) is 4.79 Å². The molecule has 3 amide bonds. The lowest BCUT2D eigenvalue weighted by Gasteiger charge is -2.15. The maximum absolute atomic E-state index is 11.7. The van der Waals surface area contributed by atoms with E-state index in [9.17, 15) is 14.4 Å². The summed E-state index contributed by atoms with van der Waals surface area (Å²) in [6.45, 7) is 1.87. The van der Waals surface area contributed by atoms with Crippen LogP contribution in [0.25, 0.3) is 0 Å². The summed E-state index contributed by atoms with van der Waals surface area (Å²) in [5.41, 5.74) is 0. The zero-order chi connectivity index (χ0) is 15.0. The van der Waals surface area contributed by atoms with Crippen LogP contribution < -0.4 is 10.6 Å². The molecule has 1 heterocycles. The predicted molar refractivity (Wildman–Crippen MR) is 70.1 cm³/mol. The molecule has 1 saturated heterocycles. The zero-order valence-electron chi connectivity index (χ0n) is 11.3. The first-order chi connectivity index (χ1) is 9.50. The summed E-state index contributed by atoms with van der Waals surface area (Å²) in [6.07, 6.45) is 0.782. The lowest BCUT2D eigenvalue weighted by molar-refractivity contribution is -0.146. The summed E-state index contributed by atoms with van der Waals surface area (Å²) in [4.78, 5) is 35.1. The molecule has 1 unspecified atom stereocenters. The van der Waals surface area contributed by atoms with Gasteiger partial charge in [-0.15, -0.1) is 0 Å². The smallest absolute Gasteiger partial charge is 0.332 e. The number of urea groups is 1. The average Bonchev–Trinajstić information content (AvgIpc) is 2.92. The standard InChI is InChI=1S/C12H21N3O5/c16-9(11(18)19)3-5-13-12(20)14-6-4-10(17)15-7-1-2-8-15/h9,16H,1-8H2,(H,18,19)(H2,13,14,20). The Morgan fingerprint density at radius 3 is 2.30 bits per heavy atom. The van der Waals surface area contributed by atoms with E-state index in [0.717, 1.165) is 25.9 Å². The maximum atomic E-state index is 11.7. The fourth-order valence-corrected chi connectivity index (χ4v) is 1.92. The molecule has 0 spiro atoms. The van der Waals surface area contributed by atoms with Gasteiger partial charge in [-0.1, -0.05) is 0 Å². The molecule has 4 N–H and O–H groups in total. The molecule has 114 valence electrons. The van der Waals surface area contributed by atoms with E-state index < -0.39 is 18.1 Å². The first kappa shape index (κ1) is 16.2. The molecule has 0 aromatic rings. The van der Waals surface area contributed by atoms with Crippen molar-refractivity contribution in [2.45, 2.75) is 31.8 Å². The van der Waals surface area contributed by atoms with Gasteiger partial charge in [-0.25, -0.2) is 9.59 Å². The minimum atomic E-state index is -1.48. The van der Waals surface area contributed by atoms with E-state index in [0.29, 0.717) is 0 Å². The molecule has 0 aromatic heterocycles.